The Morgan fingerprint density at radius 2 is 1.24 bits per heavy atom. The molecule has 2 aliphatic carbocycles. The van der Waals surface area contributed by atoms with E-state index in [1.54, 1.807) is 0 Å². The van der Waals surface area contributed by atoms with E-state index < -0.39 is 0 Å². The van der Waals surface area contributed by atoms with Crippen LogP contribution in [-0.4, -0.2) is 4.98 Å². The van der Waals surface area contributed by atoms with E-state index in [9.17, 15) is 0 Å². The van der Waals surface area contributed by atoms with E-state index in [2.05, 4.69) is 159 Å². The van der Waals surface area contributed by atoms with Crippen molar-refractivity contribution in [1.29, 1.82) is 0 Å². The van der Waals surface area contributed by atoms with Crippen molar-refractivity contribution in [2.45, 2.75) is 26.2 Å². The lowest BCUT2D eigenvalue weighted by Gasteiger charge is -2.22. The summed E-state index contributed by atoms with van der Waals surface area (Å²) in [7, 11) is 0. The third-order valence-electron chi connectivity index (χ3n) is 10.7. The van der Waals surface area contributed by atoms with Gasteiger partial charge in [-0.05, 0) is 121 Å². The number of nitrogens with zero attached hydrogens (tertiary/aromatic N) is 1. The maximum atomic E-state index is 5.48. The summed E-state index contributed by atoms with van der Waals surface area (Å²) in [5.41, 5.74) is 9.78. The van der Waals surface area contributed by atoms with E-state index in [0.717, 1.165) is 30.7 Å². The lowest BCUT2D eigenvalue weighted by atomic mass is 9.83. The van der Waals surface area contributed by atoms with Crippen LogP contribution in [0.4, 0.5) is 0 Å². The maximum absolute atomic E-state index is 5.48. The van der Waals surface area contributed by atoms with Crippen molar-refractivity contribution in [2.75, 3.05) is 0 Å². The lowest BCUT2D eigenvalue weighted by molar-refractivity contribution is 0.760. The molecule has 0 saturated carbocycles. The van der Waals surface area contributed by atoms with E-state index in [0.29, 0.717) is 5.92 Å². The van der Waals surface area contributed by atoms with Gasteiger partial charge in [0.25, 0.3) is 0 Å². The van der Waals surface area contributed by atoms with Crippen molar-refractivity contribution in [1.82, 2.24) is 4.98 Å². The topological polar surface area (TPSA) is 12.9 Å². The molecule has 0 spiro atoms. The highest BCUT2D eigenvalue weighted by Crippen LogP contribution is 2.44. The molecule has 0 saturated heterocycles. The molecule has 1 nitrogen and oxygen atoms in total. The number of benzene rings is 6. The van der Waals surface area contributed by atoms with E-state index in [4.69, 9.17) is 4.98 Å². The first-order valence-corrected chi connectivity index (χ1v) is 18.6. The minimum absolute atomic E-state index is 0.404. The summed E-state index contributed by atoms with van der Waals surface area (Å²) in [6, 6.07) is 44.8. The largest absolute Gasteiger partial charge is 0.246 e. The summed E-state index contributed by atoms with van der Waals surface area (Å²) in [5, 5.41) is 10.5. The monoisotopic (exact) mass is 657 g/mol. The molecule has 0 bridgehead atoms. The predicted octanol–water partition coefficient (Wildman–Crippen LogP) is 13.8. The van der Waals surface area contributed by atoms with Gasteiger partial charge in [0, 0.05) is 15.5 Å². The summed E-state index contributed by atoms with van der Waals surface area (Å²) in [6.45, 7) is 2.36. The van der Waals surface area contributed by atoms with Gasteiger partial charge in [-0.15, -0.1) is 11.3 Å². The van der Waals surface area contributed by atoms with Crippen LogP contribution in [-0.2, 0) is 0 Å². The molecule has 2 aromatic heterocycles. The molecule has 2 heterocycles. The molecular formula is C48H35NS. The van der Waals surface area contributed by atoms with Crippen molar-refractivity contribution in [3.05, 3.63) is 169 Å². The van der Waals surface area contributed by atoms with Crippen LogP contribution in [0.15, 0.2) is 152 Å². The van der Waals surface area contributed by atoms with Crippen LogP contribution >= 0.6 is 11.3 Å². The van der Waals surface area contributed by atoms with Gasteiger partial charge in [-0.25, -0.2) is 4.98 Å². The molecule has 238 valence electrons. The zero-order valence-corrected chi connectivity index (χ0v) is 28.8. The molecule has 2 aliphatic rings. The molecule has 0 radical (unpaired) electrons. The highest BCUT2D eigenvalue weighted by atomic mass is 32.1. The predicted molar refractivity (Wildman–Crippen MR) is 218 cm³/mol. The Morgan fingerprint density at radius 1 is 0.560 bits per heavy atom. The Bertz CT molecular complexity index is 2750. The average Bonchev–Trinajstić information content (AvgIpc) is 3.56. The second-order valence-corrected chi connectivity index (χ2v) is 14.9. The summed E-state index contributed by atoms with van der Waals surface area (Å²) < 4.78 is 2.57. The first-order valence-electron chi connectivity index (χ1n) is 17.7. The molecule has 6 aromatic carbocycles. The number of aromatic nitrogens is 1. The highest BCUT2D eigenvalue weighted by molar-refractivity contribution is 7.26. The molecule has 8 aromatic rings. The molecule has 50 heavy (non-hydrogen) atoms. The van der Waals surface area contributed by atoms with Crippen LogP contribution in [0.3, 0.4) is 0 Å². The minimum atomic E-state index is 0.404. The number of allylic oxidation sites excluding steroid dienone is 8. The van der Waals surface area contributed by atoms with Crippen molar-refractivity contribution in [2.24, 2.45) is 5.92 Å². The van der Waals surface area contributed by atoms with Crippen LogP contribution < -0.4 is 0 Å². The molecule has 1 unspecified atom stereocenters. The van der Waals surface area contributed by atoms with Crippen LogP contribution in [0, 0.1) is 5.92 Å². The van der Waals surface area contributed by atoms with Gasteiger partial charge in [-0.3, -0.25) is 0 Å². The summed E-state index contributed by atoms with van der Waals surface area (Å²) in [5.74, 6) is 0.404. The molecule has 0 fully saturated rings. The Kier molecular flexibility index (Phi) is 6.92. The fourth-order valence-corrected chi connectivity index (χ4v) is 9.33. The van der Waals surface area contributed by atoms with E-state index in [1.165, 1.54) is 85.9 Å². The molecule has 0 aliphatic heterocycles. The van der Waals surface area contributed by atoms with Gasteiger partial charge >= 0.3 is 0 Å². The maximum Gasteiger partial charge on any atom is 0.0884 e. The quantitative estimate of drug-likeness (QED) is 0.172. The van der Waals surface area contributed by atoms with Gasteiger partial charge < -0.3 is 0 Å². The van der Waals surface area contributed by atoms with Crippen LogP contribution in [0.25, 0.3) is 80.3 Å². The van der Waals surface area contributed by atoms with Crippen LogP contribution in [0.5, 0.6) is 0 Å². The molecule has 2 heteroatoms. The SMILES string of the molecule is CC1CC=C(c2nc(C3=CCCC=C3)cc3c2sc2ccc(-c4ccccc4)cc23)C=C1c1ccc2c3ccccc3c3ccccc3c2c1. The second-order valence-electron chi connectivity index (χ2n) is 13.8. The molecular weight excluding hydrogens is 623 g/mol. The summed E-state index contributed by atoms with van der Waals surface area (Å²) in [6.07, 6.45) is 14.9. The van der Waals surface area contributed by atoms with Crippen molar-refractivity contribution in [3.8, 4) is 11.1 Å². The first-order chi connectivity index (χ1) is 24.7. The minimum Gasteiger partial charge on any atom is -0.246 e. The Labute approximate surface area is 296 Å². The number of pyridine rings is 1. The number of rotatable bonds is 4. The molecule has 1 atom stereocenters. The number of hydrogen-bond acceptors (Lipinski definition) is 2. The van der Waals surface area contributed by atoms with Gasteiger partial charge in [0.15, 0.2) is 0 Å². The van der Waals surface area contributed by atoms with E-state index in [-0.39, 0.29) is 0 Å². The zero-order chi connectivity index (χ0) is 33.2. The first kappa shape index (κ1) is 29.4. The van der Waals surface area contributed by atoms with E-state index >= 15 is 0 Å². The van der Waals surface area contributed by atoms with Gasteiger partial charge in [0.2, 0.25) is 0 Å². The molecule has 10 rings (SSSR count). The second kappa shape index (κ2) is 11.8. The molecule has 0 N–H and O–H groups in total. The average molecular weight is 658 g/mol. The number of thiophene rings is 1. The third kappa shape index (κ3) is 4.78. The van der Waals surface area contributed by atoms with Gasteiger partial charge in [-0.2, -0.15) is 0 Å². The number of hydrogen-bond donors (Lipinski definition) is 0. The standard InChI is InChI=1S/C48H35NS/c1-30-20-21-35(28-41(30)34-22-24-40-38-18-9-8-16-36(38)37-17-10-11-19-39(37)42(40)27-34)47-48-44(29-45(49-47)32-14-6-3-7-15-32)43-26-33(23-25-46(43)50-48)31-12-4-2-5-13-31/h2,4-6,8-19,21-30H,3,7,20H2,1H3. The van der Waals surface area contributed by atoms with E-state index in [1.807, 2.05) is 11.3 Å². The summed E-state index contributed by atoms with van der Waals surface area (Å²) in [4.78, 5) is 5.48. The van der Waals surface area contributed by atoms with Crippen LogP contribution in [0.1, 0.15) is 43.1 Å². The Hall–Kier alpha value is -5.57. The Balaban J connectivity index is 1.17. The van der Waals surface area contributed by atoms with Crippen LogP contribution in [0.2, 0.25) is 0 Å². The molecule has 0 amide bonds. The zero-order valence-electron chi connectivity index (χ0n) is 28.0. The highest BCUT2D eigenvalue weighted by Gasteiger charge is 2.22. The van der Waals surface area contributed by atoms with Gasteiger partial charge in [-0.1, -0.05) is 128 Å². The normalized spacial score (nSPS) is 16.3. The summed E-state index contributed by atoms with van der Waals surface area (Å²) >= 11 is 1.87. The Morgan fingerprint density at radius 3 is 1.98 bits per heavy atom. The third-order valence-corrected chi connectivity index (χ3v) is 11.9. The van der Waals surface area contributed by atoms with Crippen molar-refractivity contribution in [3.63, 3.8) is 0 Å². The van der Waals surface area contributed by atoms with Crippen molar-refractivity contribution >= 4 is 80.5 Å². The van der Waals surface area contributed by atoms with Gasteiger partial charge in [0.1, 0.15) is 0 Å². The van der Waals surface area contributed by atoms with Crippen molar-refractivity contribution < 1.29 is 0 Å². The van der Waals surface area contributed by atoms with Gasteiger partial charge in [0.05, 0.1) is 16.1 Å². The lowest BCUT2D eigenvalue weighted by Crippen LogP contribution is -2.05. The smallest absolute Gasteiger partial charge is 0.0884 e. The number of fused-ring (bicyclic) bond motifs is 9. The fourth-order valence-electron chi connectivity index (χ4n) is 8.15. The fraction of sp³-hybridized carbons (Fsp3) is 0.104.